The molecule has 6 heteroatoms. The topological polar surface area (TPSA) is 88.4 Å². The number of aliphatic hydroxyl groups is 3. The summed E-state index contributed by atoms with van der Waals surface area (Å²) in [5, 5.41) is 29.2. The molecule has 0 spiro atoms. The van der Waals surface area contributed by atoms with E-state index in [2.05, 4.69) is 0 Å². The van der Waals surface area contributed by atoms with Crippen LogP contribution in [0.1, 0.15) is 5.56 Å². The van der Waals surface area contributed by atoms with Crippen LogP contribution >= 0.6 is 0 Å². The largest absolute Gasteiger partial charge is 0.387 e. The number of rotatable bonds is 5. The first-order chi connectivity index (χ1) is 9.63. The minimum absolute atomic E-state index is 0.0969. The first-order valence-electron chi connectivity index (χ1n) is 6.47. The van der Waals surface area contributed by atoms with Gasteiger partial charge in [0.1, 0.15) is 24.4 Å². The van der Waals surface area contributed by atoms with Crippen molar-refractivity contribution in [2.24, 2.45) is 0 Å². The summed E-state index contributed by atoms with van der Waals surface area (Å²) >= 11 is 0. The van der Waals surface area contributed by atoms with Gasteiger partial charge in [-0.15, -0.1) is 0 Å². The van der Waals surface area contributed by atoms with E-state index in [1.165, 1.54) is 7.11 Å². The Morgan fingerprint density at radius 3 is 2.40 bits per heavy atom. The highest BCUT2D eigenvalue weighted by Crippen LogP contribution is 2.22. The van der Waals surface area contributed by atoms with Gasteiger partial charge in [0.25, 0.3) is 0 Å². The van der Waals surface area contributed by atoms with Crippen molar-refractivity contribution in [2.45, 2.75) is 37.3 Å². The molecule has 0 unspecified atom stereocenters. The fourth-order valence-electron chi connectivity index (χ4n) is 2.12. The zero-order valence-corrected chi connectivity index (χ0v) is 11.3. The van der Waals surface area contributed by atoms with Gasteiger partial charge in [-0.2, -0.15) is 0 Å². The lowest BCUT2D eigenvalue weighted by atomic mass is 9.99. The Morgan fingerprint density at radius 1 is 1.05 bits per heavy atom. The smallest absolute Gasteiger partial charge is 0.186 e. The third-order valence-electron chi connectivity index (χ3n) is 3.29. The molecule has 112 valence electrons. The minimum Gasteiger partial charge on any atom is -0.387 e. The van der Waals surface area contributed by atoms with Crippen LogP contribution in [-0.2, 0) is 20.8 Å². The highest BCUT2D eigenvalue weighted by molar-refractivity contribution is 5.13. The molecule has 0 aromatic heterocycles. The zero-order chi connectivity index (χ0) is 14.5. The van der Waals surface area contributed by atoms with Crippen LogP contribution in [-0.4, -0.2) is 59.7 Å². The summed E-state index contributed by atoms with van der Waals surface area (Å²) in [6.07, 6.45) is -5.53. The first-order valence-corrected chi connectivity index (χ1v) is 6.47. The Balaban J connectivity index is 1.85. The van der Waals surface area contributed by atoms with E-state index in [9.17, 15) is 15.3 Å². The maximum absolute atomic E-state index is 9.85. The SMILES string of the molecule is CO[C@H]1O[C@H](COCc2ccccc2)[C@@H](O)[C@H](O)[C@@H]1O. The van der Waals surface area contributed by atoms with E-state index >= 15 is 0 Å². The summed E-state index contributed by atoms with van der Waals surface area (Å²) in [5.74, 6) is 0. The number of ether oxygens (including phenoxy) is 3. The van der Waals surface area contributed by atoms with Crippen molar-refractivity contribution in [1.82, 2.24) is 0 Å². The third kappa shape index (κ3) is 3.54. The Labute approximate surface area is 117 Å². The van der Waals surface area contributed by atoms with Crippen molar-refractivity contribution >= 4 is 0 Å². The molecule has 3 N–H and O–H groups in total. The van der Waals surface area contributed by atoms with Gasteiger partial charge >= 0.3 is 0 Å². The summed E-state index contributed by atoms with van der Waals surface area (Å²) in [6, 6.07) is 9.58. The molecule has 1 aromatic carbocycles. The first kappa shape index (κ1) is 15.4. The number of aliphatic hydroxyl groups excluding tert-OH is 3. The average molecular weight is 284 g/mol. The second kappa shape index (κ2) is 7.12. The predicted octanol–water partition coefficient (Wildman–Crippen LogP) is -0.343. The predicted molar refractivity (Wildman–Crippen MR) is 69.8 cm³/mol. The molecule has 1 aliphatic rings. The van der Waals surface area contributed by atoms with Gasteiger partial charge in [-0.3, -0.25) is 0 Å². The van der Waals surface area contributed by atoms with Crippen LogP contribution in [0.4, 0.5) is 0 Å². The van der Waals surface area contributed by atoms with Crippen molar-refractivity contribution in [1.29, 1.82) is 0 Å². The van der Waals surface area contributed by atoms with Crippen molar-refractivity contribution in [2.75, 3.05) is 13.7 Å². The van der Waals surface area contributed by atoms with Crippen LogP contribution in [0, 0.1) is 0 Å². The molecule has 1 saturated heterocycles. The molecule has 0 aliphatic carbocycles. The van der Waals surface area contributed by atoms with Gasteiger partial charge < -0.3 is 29.5 Å². The maximum atomic E-state index is 9.85. The monoisotopic (exact) mass is 284 g/mol. The van der Waals surface area contributed by atoms with Crippen LogP contribution < -0.4 is 0 Å². The van der Waals surface area contributed by atoms with Crippen LogP contribution in [0.2, 0.25) is 0 Å². The molecule has 0 amide bonds. The summed E-state index contributed by atoms with van der Waals surface area (Å²) in [4.78, 5) is 0. The molecule has 5 atom stereocenters. The highest BCUT2D eigenvalue weighted by atomic mass is 16.7. The molecule has 0 radical (unpaired) electrons. The average Bonchev–Trinajstić information content (AvgIpc) is 2.48. The normalized spacial score (nSPS) is 34.1. The zero-order valence-electron chi connectivity index (χ0n) is 11.3. The molecule has 1 aliphatic heterocycles. The van der Waals surface area contributed by atoms with Gasteiger partial charge in [0, 0.05) is 7.11 Å². The maximum Gasteiger partial charge on any atom is 0.186 e. The fraction of sp³-hybridized carbons (Fsp3) is 0.571. The van der Waals surface area contributed by atoms with Crippen molar-refractivity contribution < 1.29 is 29.5 Å². The summed E-state index contributed by atoms with van der Waals surface area (Å²) in [6.45, 7) is 0.476. The molecule has 6 nitrogen and oxygen atoms in total. The molecular weight excluding hydrogens is 264 g/mol. The van der Waals surface area contributed by atoms with E-state index in [4.69, 9.17) is 14.2 Å². The molecular formula is C14H20O6. The molecule has 0 bridgehead atoms. The molecule has 1 heterocycles. The van der Waals surface area contributed by atoms with Gasteiger partial charge in [0.05, 0.1) is 13.2 Å². The lowest BCUT2D eigenvalue weighted by Crippen LogP contribution is -2.59. The second-order valence-electron chi connectivity index (χ2n) is 4.75. The highest BCUT2D eigenvalue weighted by Gasteiger charge is 2.43. The Hall–Kier alpha value is -1.02. The molecule has 20 heavy (non-hydrogen) atoms. The number of hydrogen-bond donors (Lipinski definition) is 3. The molecule has 0 saturated carbocycles. The van der Waals surface area contributed by atoms with Gasteiger partial charge in [-0.05, 0) is 5.56 Å². The third-order valence-corrected chi connectivity index (χ3v) is 3.29. The molecule has 1 fully saturated rings. The van der Waals surface area contributed by atoms with Crippen LogP contribution in [0.3, 0.4) is 0 Å². The minimum atomic E-state index is -1.32. The summed E-state index contributed by atoms with van der Waals surface area (Å²) < 4.78 is 15.8. The molecule has 2 rings (SSSR count). The van der Waals surface area contributed by atoms with E-state index in [1.807, 2.05) is 30.3 Å². The lowest BCUT2D eigenvalue weighted by molar-refractivity contribution is -0.296. The van der Waals surface area contributed by atoms with Crippen molar-refractivity contribution in [3.8, 4) is 0 Å². The number of methoxy groups -OCH3 is 1. The van der Waals surface area contributed by atoms with E-state index < -0.39 is 30.7 Å². The Kier molecular flexibility index (Phi) is 5.47. The quantitative estimate of drug-likeness (QED) is 0.685. The summed E-state index contributed by atoms with van der Waals surface area (Å²) in [7, 11) is 1.36. The van der Waals surface area contributed by atoms with Crippen LogP contribution in [0.25, 0.3) is 0 Å². The lowest BCUT2D eigenvalue weighted by Gasteiger charge is -2.39. The van der Waals surface area contributed by atoms with Crippen LogP contribution in [0.15, 0.2) is 30.3 Å². The van der Waals surface area contributed by atoms with Gasteiger partial charge in [0.15, 0.2) is 6.29 Å². The van der Waals surface area contributed by atoms with E-state index in [0.717, 1.165) is 5.56 Å². The van der Waals surface area contributed by atoms with Crippen molar-refractivity contribution in [3.05, 3.63) is 35.9 Å². The van der Waals surface area contributed by atoms with Gasteiger partial charge in [-0.25, -0.2) is 0 Å². The fourth-order valence-corrected chi connectivity index (χ4v) is 2.12. The second-order valence-corrected chi connectivity index (χ2v) is 4.75. The van der Waals surface area contributed by atoms with Crippen molar-refractivity contribution in [3.63, 3.8) is 0 Å². The van der Waals surface area contributed by atoms with Crippen LogP contribution in [0.5, 0.6) is 0 Å². The summed E-state index contributed by atoms with van der Waals surface area (Å²) in [5.41, 5.74) is 1.00. The van der Waals surface area contributed by atoms with Gasteiger partial charge in [-0.1, -0.05) is 30.3 Å². The molecule has 1 aromatic rings. The Bertz CT molecular complexity index is 396. The van der Waals surface area contributed by atoms with E-state index in [0.29, 0.717) is 6.61 Å². The van der Waals surface area contributed by atoms with E-state index in [1.54, 1.807) is 0 Å². The van der Waals surface area contributed by atoms with Gasteiger partial charge in [0.2, 0.25) is 0 Å². The number of benzene rings is 1. The van der Waals surface area contributed by atoms with E-state index in [-0.39, 0.29) is 6.61 Å². The standard InChI is InChI=1S/C14H20O6/c1-18-14-13(17)12(16)11(15)10(20-14)8-19-7-9-5-3-2-4-6-9/h2-6,10-17H,7-8H2,1H3/t10-,11-,12+,13+,14+/m1/s1. The Morgan fingerprint density at radius 2 is 1.75 bits per heavy atom. The number of hydrogen-bond acceptors (Lipinski definition) is 6.